The Morgan fingerprint density at radius 3 is 2.18 bits per heavy atom. The summed E-state index contributed by atoms with van der Waals surface area (Å²) in [5, 5.41) is 0. The van der Waals surface area contributed by atoms with Crippen LogP contribution in [0.5, 0.6) is 0 Å². The third-order valence-corrected chi connectivity index (χ3v) is 6.48. The van der Waals surface area contributed by atoms with Gasteiger partial charge in [-0.25, -0.2) is 8.78 Å². The molecule has 2 saturated carbocycles. The Labute approximate surface area is 136 Å². The van der Waals surface area contributed by atoms with Crippen LogP contribution < -0.4 is 0 Å². The highest BCUT2D eigenvalue weighted by Gasteiger charge is 2.40. The monoisotopic (exact) mass is 314 g/mol. The predicted molar refractivity (Wildman–Crippen MR) is 90.4 cm³/mol. The van der Waals surface area contributed by atoms with Crippen LogP contribution in [0.15, 0.2) is 0 Å². The second-order valence-corrected chi connectivity index (χ2v) is 8.80. The van der Waals surface area contributed by atoms with Crippen LogP contribution in [-0.4, -0.2) is 12.3 Å². The van der Waals surface area contributed by atoms with E-state index in [0.717, 1.165) is 32.1 Å². The second kappa shape index (κ2) is 8.11. The number of hydrogen-bond acceptors (Lipinski definition) is 0. The topological polar surface area (TPSA) is 0 Å². The molecule has 2 heteroatoms. The Kier molecular flexibility index (Phi) is 6.71. The SMILES string of the molecule is CC(C)CCC(C)C1CCC(C2CCC(C)CC2F)CC1F. The van der Waals surface area contributed by atoms with Gasteiger partial charge in [-0.05, 0) is 67.6 Å². The van der Waals surface area contributed by atoms with E-state index in [-0.39, 0.29) is 11.8 Å². The molecule has 0 saturated heterocycles. The largest absolute Gasteiger partial charge is 0.247 e. The van der Waals surface area contributed by atoms with E-state index in [1.807, 2.05) is 0 Å². The van der Waals surface area contributed by atoms with Gasteiger partial charge in [0, 0.05) is 0 Å². The first-order chi connectivity index (χ1) is 10.4. The number of halogens is 2. The fourth-order valence-electron chi connectivity index (χ4n) is 4.88. The highest BCUT2D eigenvalue weighted by Crippen LogP contribution is 2.45. The Balaban J connectivity index is 1.84. The summed E-state index contributed by atoms with van der Waals surface area (Å²) in [7, 11) is 0. The van der Waals surface area contributed by atoms with Crippen LogP contribution in [-0.2, 0) is 0 Å². The zero-order valence-corrected chi connectivity index (χ0v) is 15.0. The molecule has 2 aliphatic carbocycles. The fourth-order valence-corrected chi connectivity index (χ4v) is 4.88. The smallest absolute Gasteiger partial charge is 0.103 e. The lowest BCUT2D eigenvalue weighted by Gasteiger charge is -2.42. The van der Waals surface area contributed by atoms with Crippen molar-refractivity contribution in [3.63, 3.8) is 0 Å². The first kappa shape index (κ1) is 18.2. The zero-order chi connectivity index (χ0) is 16.3. The lowest BCUT2D eigenvalue weighted by atomic mass is 9.66. The van der Waals surface area contributed by atoms with E-state index in [2.05, 4.69) is 27.7 Å². The molecule has 0 aromatic rings. The van der Waals surface area contributed by atoms with Gasteiger partial charge in [0.15, 0.2) is 0 Å². The highest BCUT2D eigenvalue weighted by molar-refractivity contribution is 4.90. The van der Waals surface area contributed by atoms with Crippen LogP contribution in [0.4, 0.5) is 8.78 Å². The van der Waals surface area contributed by atoms with E-state index < -0.39 is 12.3 Å². The molecule has 2 aliphatic rings. The minimum Gasteiger partial charge on any atom is -0.247 e. The molecule has 0 nitrogen and oxygen atoms in total. The van der Waals surface area contributed by atoms with E-state index in [1.54, 1.807) is 0 Å². The summed E-state index contributed by atoms with van der Waals surface area (Å²) in [6, 6.07) is 0. The van der Waals surface area contributed by atoms with Gasteiger partial charge in [-0.2, -0.15) is 0 Å². The van der Waals surface area contributed by atoms with Crippen LogP contribution in [0.2, 0.25) is 0 Å². The van der Waals surface area contributed by atoms with Gasteiger partial charge in [-0.15, -0.1) is 0 Å². The van der Waals surface area contributed by atoms with Gasteiger partial charge in [0.25, 0.3) is 0 Å². The number of alkyl halides is 2. The van der Waals surface area contributed by atoms with Gasteiger partial charge in [0.05, 0.1) is 0 Å². The lowest BCUT2D eigenvalue weighted by Crippen LogP contribution is -2.38. The Morgan fingerprint density at radius 2 is 1.59 bits per heavy atom. The molecule has 7 unspecified atom stereocenters. The average Bonchev–Trinajstić information content (AvgIpc) is 2.44. The normalized spacial score (nSPS) is 41.6. The molecule has 7 atom stereocenters. The van der Waals surface area contributed by atoms with Gasteiger partial charge in [-0.1, -0.05) is 47.0 Å². The first-order valence-corrected chi connectivity index (χ1v) is 9.66. The highest BCUT2D eigenvalue weighted by atomic mass is 19.1. The Morgan fingerprint density at radius 1 is 0.864 bits per heavy atom. The minimum atomic E-state index is -0.701. The molecule has 0 bridgehead atoms. The molecule has 2 fully saturated rings. The lowest BCUT2D eigenvalue weighted by molar-refractivity contribution is 0.0174. The van der Waals surface area contributed by atoms with E-state index in [0.29, 0.717) is 36.5 Å². The second-order valence-electron chi connectivity index (χ2n) is 8.80. The van der Waals surface area contributed by atoms with Gasteiger partial charge in [0.2, 0.25) is 0 Å². The molecule has 22 heavy (non-hydrogen) atoms. The molecule has 0 aromatic carbocycles. The molecule has 2 rings (SSSR count). The molecule has 0 N–H and O–H groups in total. The Bertz CT molecular complexity index is 328. The van der Waals surface area contributed by atoms with Crippen molar-refractivity contribution in [3.8, 4) is 0 Å². The molecular weight excluding hydrogens is 278 g/mol. The maximum atomic E-state index is 14.7. The van der Waals surface area contributed by atoms with E-state index in [9.17, 15) is 8.78 Å². The van der Waals surface area contributed by atoms with E-state index >= 15 is 0 Å². The summed E-state index contributed by atoms with van der Waals surface area (Å²) in [6.07, 6.45) is 6.41. The fraction of sp³-hybridized carbons (Fsp3) is 1.00. The molecule has 0 aliphatic heterocycles. The van der Waals surface area contributed by atoms with Crippen molar-refractivity contribution >= 4 is 0 Å². The average molecular weight is 315 g/mol. The number of rotatable bonds is 5. The van der Waals surface area contributed by atoms with Crippen molar-refractivity contribution in [2.45, 2.75) is 91.4 Å². The standard InChI is InChI=1S/C20H36F2/c1-13(2)5-7-15(4)17-10-8-16(12-20(17)22)18-9-6-14(3)11-19(18)21/h13-20H,5-12H2,1-4H3. The summed E-state index contributed by atoms with van der Waals surface area (Å²) >= 11 is 0. The minimum absolute atomic E-state index is 0.140. The molecule has 0 heterocycles. The van der Waals surface area contributed by atoms with Crippen LogP contribution in [0.1, 0.15) is 79.1 Å². The molecular formula is C20H36F2. The third-order valence-electron chi connectivity index (χ3n) is 6.48. The van der Waals surface area contributed by atoms with Crippen molar-refractivity contribution in [2.75, 3.05) is 0 Å². The first-order valence-electron chi connectivity index (χ1n) is 9.66. The van der Waals surface area contributed by atoms with Crippen LogP contribution in [0.25, 0.3) is 0 Å². The predicted octanol–water partition coefficient (Wildman–Crippen LogP) is 6.59. The molecule has 0 radical (unpaired) electrons. The van der Waals surface area contributed by atoms with Gasteiger partial charge in [0.1, 0.15) is 12.3 Å². The van der Waals surface area contributed by atoms with Crippen molar-refractivity contribution in [3.05, 3.63) is 0 Å². The zero-order valence-electron chi connectivity index (χ0n) is 15.0. The summed E-state index contributed by atoms with van der Waals surface area (Å²) in [5.74, 6) is 2.35. The summed E-state index contributed by atoms with van der Waals surface area (Å²) in [5.41, 5.74) is 0. The molecule has 0 spiro atoms. The van der Waals surface area contributed by atoms with Crippen LogP contribution in [0.3, 0.4) is 0 Å². The van der Waals surface area contributed by atoms with E-state index in [1.165, 1.54) is 6.42 Å². The molecule has 0 amide bonds. The molecule has 0 aromatic heterocycles. The van der Waals surface area contributed by atoms with Crippen molar-refractivity contribution in [1.29, 1.82) is 0 Å². The van der Waals surface area contributed by atoms with Crippen LogP contribution >= 0.6 is 0 Å². The maximum absolute atomic E-state index is 14.7. The van der Waals surface area contributed by atoms with Gasteiger partial charge < -0.3 is 0 Å². The molecule has 130 valence electrons. The van der Waals surface area contributed by atoms with E-state index in [4.69, 9.17) is 0 Å². The van der Waals surface area contributed by atoms with Crippen molar-refractivity contribution < 1.29 is 8.78 Å². The van der Waals surface area contributed by atoms with Crippen molar-refractivity contribution in [1.82, 2.24) is 0 Å². The summed E-state index contributed by atoms with van der Waals surface area (Å²) in [4.78, 5) is 0. The quantitative estimate of drug-likeness (QED) is 0.537. The maximum Gasteiger partial charge on any atom is 0.103 e. The third kappa shape index (κ3) is 4.68. The summed E-state index contributed by atoms with van der Waals surface area (Å²) in [6.45, 7) is 8.85. The Hall–Kier alpha value is -0.140. The number of hydrogen-bond donors (Lipinski definition) is 0. The van der Waals surface area contributed by atoms with Crippen molar-refractivity contribution in [2.24, 2.45) is 35.5 Å². The summed E-state index contributed by atoms with van der Waals surface area (Å²) < 4.78 is 29.1. The van der Waals surface area contributed by atoms with Gasteiger partial charge >= 0.3 is 0 Å². The van der Waals surface area contributed by atoms with Crippen LogP contribution in [0, 0.1) is 35.5 Å². The van der Waals surface area contributed by atoms with Gasteiger partial charge in [-0.3, -0.25) is 0 Å².